The van der Waals surface area contributed by atoms with Crippen molar-refractivity contribution in [3.8, 4) is 0 Å². The second kappa shape index (κ2) is 6.26. The third-order valence-corrected chi connectivity index (χ3v) is 3.73. The lowest BCUT2D eigenvalue weighted by Gasteiger charge is -2.07. The van der Waals surface area contributed by atoms with Crippen molar-refractivity contribution in [1.82, 2.24) is 4.72 Å². The summed E-state index contributed by atoms with van der Waals surface area (Å²) in [6.45, 7) is 1.14. The van der Waals surface area contributed by atoms with Gasteiger partial charge >= 0.3 is 0 Å². The number of allylic oxidation sites excluding steroid dienone is 1. The molecule has 0 aliphatic heterocycles. The molecular formula is C11H13N3O5S. The summed E-state index contributed by atoms with van der Waals surface area (Å²) in [7, 11) is -2.39. The summed E-state index contributed by atoms with van der Waals surface area (Å²) in [6, 6.07) is 5.40. The third-order valence-electron chi connectivity index (χ3n) is 2.32. The molecule has 0 bridgehead atoms. The van der Waals surface area contributed by atoms with Crippen LogP contribution in [-0.2, 0) is 14.8 Å². The van der Waals surface area contributed by atoms with E-state index in [4.69, 9.17) is 5.11 Å². The number of aliphatic hydroxyl groups is 1. The molecule has 0 saturated heterocycles. The minimum absolute atomic E-state index is 0.0527. The van der Waals surface area contributed by atoms with E-state index in [1.54, 1.807) is 0 Å². The SMILES string of the molecule is CNS(=O)(=O)c1cccc(NC(=O)/C(N=O)=C(/C)O)c1. The van der Waals surface area contributed by atoms with Crippen LogP contribution in [0.4, 0.5) is 5.69 Å². The molecule has 0 fully saturated rings. The van der Waals surface area contributed by atoms with Gasteiger partial charge < -0.3 is 10.4 Å². The number of aliphatic hydroxyl groups excluding tert-OH is 1. The number of sulfonamides is 1. The molecule has 0 atom stereocenters. The molecule has 1 amide bonds. The molecule has 0 heterocycles. The quantitative estimate of drug-likeness (QED) is 0.426. The molecule has 0 saturated carbocycles. The lowest BCUT2D eigenvalue weighted by Crippen LogP contribution is -2.19. The van der Waals surface area contributed by atoms with E-state index in [0.29, 0.717) is 0 Å². The maximum absolute atomic E-state index is 11.6. The van der Waals surface area contributed by atoms with Crippen molar-refractivity contribution in [3.05, 3.63) is 40.6 Å². The van der Waals surface area contributed by atoms with E-state index >= 15 is 0 Å². The Morgan fingerprint density at radius 3 is 2.50 bits per heavy atom. The monoisotopic (exact) mass is 299 g/mol. The third kappa shape index (κ3) is 3.62. The minimum Gasteiger partial charge on any atom is -0.510 e. The van der Waals surface area contributed by atoms with Crippen LogP contribution in [0.2, 0.25) is 0 Å². The van der Waals surface area contributed by atoms with Gasteiger partial charge in [-0.3, -0.25) is 4.79 Å². The average Bonchev–Trinajstić information content (AvgIpc) is 2.39. The summed E-state index contributed by atoms with van der Waals surface area (Å²) in [4.78, 5) is 22.0. The van der Waals surface area contributed by atoms with E-state index in [1.807, 2.05) is 0 Å². The Bertz CT molecular complexity index is 662. The number of rotatable bonds is 5. The predicted octanol–water partition coefficient (Wildman–Crippen LogP) is 1.09. The Balaban J connectivity index is 3.07. The van der Waals surface area contributed by atoms with Crippen molar-refractivity contribution in [2.45, 2.75) is 11.8 Å². The number of carbonyl (C=O) groups excluding carboxylic acids is 1. The molecule has 0 aliphatic rings. The molecule has 8 nitrogen and oxygen atoms in total. The smallest absolute Gasteiger partial charge is 0.281 e. The molecule has 1 rings (SSSR count). The second-order valence-electron chi connectivity index (χ2n) is 3.71. The van der Waals surface area contributed by atoms with Crippen molar-refractivity contribution < 1.29 is 18.3 Å². The number of carbonyl (C=O) groups is 1. The standard InChI is InChI=1S/C11H13N3O5S/c1-7(15)10(14-17)11(16)13-8-4-3-5-9(6-8)20(18,19)12-2/h3-6,12,15H,1-2H3,(H,13,16)/b10-7+. The molecular weight excluding hydrogens is 286 g/mol. The van der Waals surface area contributed by atoms with Gasteiger partial charge in [0.1, 0.15) is 5.76 Å². The van der Waals surface area contributed by atoms with Crippen LogP contribution in [0.25, 0.3) is 0 Å². The first-order chi connectivity index (χ1) is 9.31. The first-order valence-electron chi connectivity index (χ1n) is 5.40. The van der Waals surface area contributed by atoms with Gasteiger partial charge in [0.05, 0.1) is 4.90 Å². The fourth-order valence-corrected chi connectivity index (χ4v) is 2.10. The van der Waals surface area contributed by atoms with Gasteiger partial charge in [-0.25, -0.2) is 13.1 Å². The number of nitrogens with one attached hydrogen (secondary N) is 2. The van der Waals surface area contributed by atoms with Crippen molar-refractivity contribution in [2.24, 2.45) is 5.18 Å². The molecule has 9 heteroatoms. The Hall–Kier alpha value is -2.26. The molecule has 1 aromatic rings. The lowest BCUT2D eigenvalue weighted by molar-refractivity contribution is -0.113. The van der Waals surface area contributed by atoms with Gasteiger partial charge in [0.2, 0.25) is 15.7 Å². The Labute approximate surface area is 115 Å². The number of anilines is 1. The summed E-state index contributed by atoms with van der Waals surface area (Å²) < 4.78 is 25.3. The van der Waals surface area contributed by atoms with Crippen LogP contribution >= 0.6 is 0 Å². The lowest BCUT2D eigenvalue weighted by atomic mass is 10.3. The van der Waals surface area contributed by atoms with Gasteiger partial charge in [-0.05, 0) is 37.3 Å². The van der Waals surface area contributed by atoms with Crippen molar-refractivity contribution >= 4 is 21.6 Å². The fourth-order valence-electron chi connectivity index (χ4n) is 1.32. The molecule has 108 valence electrons. The topological polar surface area (TPSA) is 125 Å². The van der Waals surface area contributed by atoms with Crippen LogP contribution in [0.15, 0.2) is 45.8 Å². The molecule has 20 heavy (non-hydrogen) atoms. The molecule has 0 spiro atoms. The maximum atomic E-state index is 11.6. The van der Waals surface area contributed by atoms with Crippen LogP contribution in [0.5, 0.6) is 0 Å². The molecule has 0 aliphatic carbocycles. The van der Waals surface area contributed by atoms with Gasteiger partial charge in [-0.2, -0.15) is 0 Å². The van der Waals surface area contributed by atoms with Crippen molar-refractivity contribution in [3.63, 3.8) is 0 Å². The second-order valence-corrected chi connectivity index (χ2v) is 5.60. The summed E-state index contributed by atoms with van der Waals surface area (Å²) in [5, 5.41) is 13.8. The van der Waals surface area contributed by atoms with E-state index < -0.39 is 27.4 Å². The highest BCUT2D eigenvalue weighted by Gasteiger charge is 2.16. The van der Waals surface area contributed by atoms with E-state index in [2.05, 4.69) is 15.2 Å². The zero-order chi connectivity index (χ0) is 15.3. The highest BCUT2D eigenvalue weighted by molar-refractivity contribution is 7.89. The number of hydrogen-bond acceptors (Lipinski definition) is 6. The molecule has 0 radical (unpaired) electrons. The predicted molar refractivity (Wildman–Crippen MR) is 72.4 cm³/mol. The van der Waals surface area contributed by atoms with Crippen LogP contribution in [0, 0.1) is 4.91 Å². The number of hydrogen-bond donors (Lipinski definition) is 3. The fraction of sp³-hybridized carbons (Fsp3) is 0.182. The zero-order valence-corrected chi connectivity index (χ0v) is 11.6. The Morgan fingerprint density at radius 1 is 1.35 bits per heavy atom. The van der Waals surface area contributed by atoms with Crippen LogP contribution in [-0.4, -0.2) is 26.5 Å². The number of amides is 1. The molecule has 3 N–H and O–H groups in total. The summed E-state index contributed by atoms with van der Waals surface area (Å²) in [6.07, 6.45) is 0. The number of benzene rings is 1. The van der Waals surface area contributed by atoms with Gasteiger partial charge in [-0.1, -0.05) is 6.07 Å². The Morgan fingerprint density at radius 2 is 2.00 bits per heavy atom. The first-order valence-corrected chi connectivity index (χ1v) is 6.88. The molecule has 0 aromatic heterocycles. The normalized spacial score (nSPS) is 12.5. The van der Waals surface area contributed by atoms with Crippen molar-refractivity contribution in [1.29, 1.82) is 0 Å². The molecule has 0 unspecified atom stereocenters. The van der Waals surface area contributed by atoms with E-state index in [9.17, 15) is 18.1 Å². The van der Waals surface area contributed by atoms with E-state index in [0.717, 1.165) is 6.92 Å². The van der Waals surface area contributed by atoms with Crippen LogP contribution in [0.1, 0.15) is 6.92 Å². The summed E-state index contributed by atoms with van der Waals surface area (Å²) in [5.41, 5.74) is -0.527. The summed E-state index contributed by atoms with van der Waals surface area (Å²) in [5.74, 6) is -1.46. The zero-order valence-electron chi connectivity index (χ0n) is 10.7. The van der Waals surface area contributed by atoms with E-state index in [-0.39, 0.29) is 10.6 Å². The van der Waals surface area contributed by atoms with Gasteiger partial charge in [0.15, 0.2) is 0 Å². The highest BCUT2D eigenvalue weighted by Crippen LogP contribution is 2.16. The maximum Gasteiger partial charge on any atom is 0.281 e. The largest absolute Gasteiger partial charge is 0.510 e. The summed E-state index contributed by atoms with van der Waals surface area (Å²) >= 11 is 0. The van der Waals surface area contributed by atoms with E-state index in [1.165, 1.54) is 31.3 Å². The van der Waals surface area contributed by atoms with Gasteiger partial charge in [0, 0.05) is 5.69 Å². The Kier molecular flexibility index (Phi) is 4.94. The average molecular weight is 299 g/mol. The van der Waals surface area contributed by atoms with Crippen LogP contribution < -0.4 is 10.0 Å². The van der Waals surface area contributed by atoms with Gasteiger partial charge in [-0.15, -0.1) is 4.91 Å². The van der Waals surface area contributed by atoms with Gasteiger partial charge in [0.25, 0.3) is 5.91 Å². The number of nitroso groups, excluding NO2 is 1. The minimum atomic E-state index is -3.65. The highest BCUT2D eigenvalue weighted by atomic mass is 32.2. The number of nitrogens with zero attached hydrogens (tertiary/aromatic N) is 1. The van der Waals surface area contributed by atoms with Crippen LogP contribution in [0.3, 0.4) is 0 Å². The first kappa shape index (κ1) is 15.8. The molecule has 1 aromatic carbocycles. The van der Waals surface area contributed by atoms with Crippen molar-refractivity contribution in [2.75, 3.05) is 12.4 Å².